The van der Waals surface area contributed by atoms with Crippen LogP contribution in [0.25, 0.3) is 5.69 Å². The molecule has 0 atom stereocenters. The Bertz CT molecular complexity index is 638. The Hall–Kier alpha value is -2.44. The molecule has 0 bridgehead atoms. The molecule has 0 aliphatic rings. The lowest BCUT2D eigenvalue weighted by atomic mass is 10.1. The second kappa shape index (κ2) is 4.68. The number of nitrogens with zero attached hydrogens (tertiary/aromatic N) is 2. The molecule has 0 spiro atoms. The molecule has 1 heterocycles. The van der Waals surface area contributed by atoms with Gasteiger partial charge >= 0.3 is 5.97 Å². The highest BCUT2D eigenvalue weighted by Crippen LogP contribution is 2.25. The molecule has 1 aromatic heterocycles. The number of benzene rings is 1. The maximum atomic E-state index is 12.6. The van der Waals surface area contributed by atoms with E-state index >= 15 is 0 Å². The summed E-state index contributed by atoms with van der Waals surface area (Å²) in [7, 11) is 0. The summed E-state index contributed by atoms with van der Waals surface area (Å²) in [5, 5.41) is 12.6. The quantitative estimate of drug-likeness (QED) is 0.894. The third-order valence-corrected chi connectivity index (χ3v) is 2.67. The molecule has 2 rings (SSSR count). The summed E-state index contributed by atoms with van der Waals surface area (Å²) >= 11 is 0. The van der Waals surface area contributed by atoms with Crippen LogP contribution < -0.4 is 5.73 Å². The van der Waals surface area contributed by atoms with E-state index in [1.807, 2.05) is 0 Å². The van der Waals surface area contributed by atoms with Crippen LogP contribution in [0.2, 0.25) is 0 Å². The second-order valence-electron chi connectivity index (χ2n) is 4.02. The number of carboxylic acid groups (broad SMARTS) is 1. The van der Waals surface area contributed by atoms with E-state index < -0.39 is 18.1 Å². The molecule has 19 heavy (non-hydrogen) atoms. The van der Waals surface area contributed by atoms with Gasteiger partial charge in [-0.25, -0.2) is 18.3 Å². The van der Waals surface area contributed by atoms with Crippen molar-refractivity contribution in [2.75, 3.05) is 5.73 Å². The average Bonchev–Trinajstić information content (AvgIpc) is 2.71. The molecule has 0 aliphatic carbocycles. The lowest BCUT2D eigenvalue weighted by molar-refractivity contribution is 0.0696. The van der Waals surface area contributed by atoms with Gasteiger partial charge in [0.15, 0.2) is 5.69 Å². The molecule has 0 radical (unpaired) electrons. The van der Waals surface area contributed by atoms with Crippen LogP contribution in [0.3, 0.4) is 0 Å². The fraction of sp³-hybridized carbons (Fsp3) is 0.167. The maximum absolute atomic E-state index is 12.6. The van der Waals surface area contributed by atoms with E-state index in [1.54, 1.807) is 6.92 Å². The molecule has 7 heteroatoms. The van der Waals surface area contributed by atoms with E-state index in [-0.39, 0.29) is 11.3 Å². The number of aromatic carboxylic acids is 1. The van der Waals surface area contributed by atoms with Gasteiger partial charge in [-0.15, -0.1) is 0 Å². The van der Waals surface area contributed by atoms with Crippen molar-refractivity contribution in [1.29, 1.82) is 0 Å². The first-order valence-corrected chi connectivity index (χ1v) is 5.37. The van der Waals surface area contributed by atoms with Crippen LogP contribution in [0.5, 0.6) is 0 Å². The fourth-order valence-corrected chi connectivity index (χ4v) is 1.74. The van der Waals surface area contributed by atoms with Crippen LogP contribution in [0, 0.1) is 6.92 Å². The molecule has 0 saturated carbocycles. The van der Waals surface area contributed by atoms with Crippen LogP contribution in [0.1, 0.15) is 28.0 Å². The van der Waals surface area contributed by atoms with Crippen LogP contribution in [0.4, 0.5) is 14.5 Å². The summed E-state index contributed by atoms with van der Waals surface area (Å²) in [6.07, 6.45) is -1.47. The standard InChI is InChI=1S/C12H11F2N3O2/c1-6-4-7(12(18)19)2-3-9(6)17-5-8(15)10(16-17)11(13)14/h2-5,11H,15H2,1H3,(H,18,19). The van der Waals surface area contributed by atoms with Gasteiger partial charge in [0.1, 0.15) is 0 Å². The number of aryl methyl sites for hydroxylation is 1. The van der Waals surface area contributed by atoms with Gasteiger partial charge in [-0.3, -0.25) is 0 Å². The topological polar surface area (TPSA) is 81.1 Å². The molecule has 2 aromatic rings. The van der Waals surface area contributed by atoms with Gasteiger partial charge < -0.3 is 10.8 Å². The van der Waals surface area contributed by atoms with E-state index in [1.165, 1.54) is 29.1 Å². The molecule has 0 unspecified atom stereocenters. The lowest BCUT2D eigenvalue weighted by Gasteiger charge is -2.06. The van der Waals surface area contributed by atoms with Crippen molar-refractivity contribution in [2.45, 2.75) is 13.3 Å². The van der Waals surface area contributed by atoms with Gasteiger partial charge in [0, 0.05) is 0 Å². The number of carbonyl (C=O) groups is 1. The van der Waals surface area contributed by atoms with E-state index in [0.29, 0.717) is 11.3 Å². The minimum Gasteiger partial charge on any atom is -0.478 e. The van der Waals surface area contributed by atoms with Crippen LogP contribution in [-0.4, -0.2) is 20.9 Å². The van der Waals surface area contributed by atoms with Crippen molar-refractivity contribution < 1.29 is 18.7 Å². The fourth-order valence-electron chi connectivity index (χ4n) is 1.74. The first-order chi connectivity index (χ1) is 8.90. The van der Waals surface area contributed by atoms with Crippen LogP contribution in [0.15, 0.2) is 24.4 Å². The van der Waals surface area contributed by atoms with Gasteiger partial charge in [-0.1, -0.05) is 0 Å². The Morgan fingerprint density at radius 1 is 1.47 bits per heavy atom. The predicted molar refractivity (Wildman–Crippen MR) is 64.6 cm³/mol. The minimum absolute atomic E-state index is 0.100. The number of carboxylic acids is 1. The predicted octanol–water partition coefficient (Wildman–Crippen LogP) is 2.40. The van der Waals surface area contributed by atoms with Crippen molar-refractivity contribution in [3.8, 4) is 5.69 Å². The lowest BCUT2D eigenvalue weighted by Crippen LogP contribution is -2.02. The normalized spacial score (nSPS) is 10.9. The monoisotopic (exact) mass is 267 g/mol. The maximum Gasteiger partial charge on any atom is 0.335 e. The molecule has 100 valence electrons. The van der Waals surface area contributed by atoms with Gasteiger partial charge in [0.05, 0.1) is 23.1 Å². The number of rotatable bonds is 3. The van der Waals surface area contributed by atoms with Crippen LogP contribution >= 0.6 is 0 Å². The SMILES string of the molecule is Cc1cc(C(=O)O)ccc1-n1cc(N)c(C(F)F)n1. The highest BCUT2D eigenvalue weighted by molar-refractivity contribution is 5.88. The number of nitrogens with two attached hydrogens (primary N) is 1. The van der Waals surface area contributed by atoms with Crippen molar-refractivity contribution >= 4 is 11.7 Å². The average molecular weight is 267 g/mol. The summed E-state index contributed by atoms with van der Waals surface area (Å²) in [6.45, 7) is 1.67. The second-order valence-corrected chi connectivity index (χ2v) is 4.02. The number of hydrogen-bond acceptors (Lipinski definition) is 3. The Kier molecular flexibility index (Phi) is 3.20. The van der Waals surface area contributed by atoms with E-state index in [4.69, 9.17) is 10.8 Å². The van der Waals surface area contributed by atoms with E-state index in [9.17, 15) is 13.6 Å². The smallest absolute Gasteiger partial charge is 0.335 e. The third-order valence-electron chi connectivity index (χ3n) is 2.67. The zero-order valence-electron chi connectivity index (χ0n) is 9.97. The van der Waals surface area contributed by atoms with Gasteiger partial charge in [0.2, 0.25) is 0 Å². The van der Waals surface area contributed by atoms with Crippen molar-refractivity contribution in [1.82, 2.24) is 9.78 Å². The Morgan fingerprint density at radius 3 is 2.63 bits per heavy atom. The first-order valence-electron chi connectivity index (χ1n) is 5.37. The first kappa shape index (κ1) is 13.0. The molecule has 0 saturated heterocycles. The van der Waals surface area contributed by atoms with Gasteiger partial charge in [0.25, 0.3) is 6.43 Å². The summed E-state index contributed by atoms with van der Waals surface area (Å²) in [5.41, 5.74) is 6.09. The number of hydrogen-bond donors (Lipinski definition) is 2. The largest absolute Gasteiger partial charge is 0.478 e. The summed E-state index contributed by atoms with van der Waals surface area (Å²) in [6, 6.07) is 4.32. The van der Waals surface area contributed by atoms with Gasteiger partial charge in [-0.05, 0) is 30.7 Å². The Balaban J connectivity index is 2.48. The molecule has 1 aromatic carbocycles. The number of nitrogen functional groups attached to an aromatic ring is 1. The van der Waals surface area contributed by atoms with Crippen molar-refractivity contribution in [2.24, 2.45) is 0 Å². The summed E-state index contributed by atoms with van der Waals surface area (Å²) in [5.74, 6) is -1.05. The number of aromatic nitrogens is 2. The molecule has 0 fully saturated rings. The number of alkyl halides is 2. The molecular formula is C12H11F2N3O2. The van der Waals surface area contributed by atoms with Gasteiger partial charge in [-0.2, -0.15) is 5.10 Å². The highest BCUT2D eigenvalue weighted by Gasteiger charge is 2.17. The Labute approximate surface area is 107 Å². The van der Waals surface area contributed by atoms with E-state index in [0.717, 1.165) is 0 Å². The molecule has 5 nitrogen and oxygen atoms in total. The molecule has 0 amide bonds. The Morgan fingerprint density at radius 2 is 2.16 bits per heavy atom. The molecule has 3 N–H and O–H groups in total. The summed E-state index contributed by atoms with van der Waals surface area (Å²) < 4.78 is 26.4. The van der Waals surface area contributed by atoms with E-state index in [2.05, 4.69) is 5.10 Å². The zero-order chi connectivity index (χ0) is 14.2. The highest BCUT2D eigenvalue weighted by atomic mass is 19.3. The minimum atomic E-state index is -2.75. The number of anilines is 1. The molecular weight excluding hydrogens is 256 g/mol. The number of halogens is 2. The van der Waals surface area contributed by atoms with Crippen molar-refractivity contribution in [3.63, 3.8) is 0 Å². The zero-order valence-corrected chi connectivity index (χ0v) is 9.97. The molecule has 0 aliphatic heterocycles. The summed E-state index contributed by atoms with van der Waals surface area (Å²) in [4.78, 5) is 10.8. The van der Waals surface area contributed by atoms with Crippen LogP contribution in [-0.2, 0) is 0 Å². The van der Waals surface area contributed by atoms with Crippen molar-refractivity contribution in [3.05, 3.63) is 41.2 Å². The third kappa shape index (κ3) is 2.40.